The van der Waals surface area contributed by atoms with E-state index in [1.54, 1.807) is 14.2 Å². The summed E-state index contributed by atoms with van der Waals surface area (Å²) in [6, 6.07) is 9.70. The van der Waals surface area contributed by atoms with Crippen LogP contribution < -0.4 is 9.47 Å². The fraction of sp³-hybridized carbons (Fsp3) is 0.286. The molecular formula is C21H22BrNO4. The van der Waals surface area contributed by atoms with Crippen molar-refractivity contribution in [2.75, 3.05) is 14.2 Å². The highest BCUT2D eigenvalue weighted by Crippen LogP contribution is 2.42. The molecule has 6 heteroatoms. The number of aromatic nitrogens is 1. The van der Waals surface area contributed by atoms with Crippen LogP contribution in [-0.2, 0) is 11.2 Å². The number of rotatable bonds is 6. The maximum Gasteiger partial charge on any atom is 0.307 e. The zero-order chi connectivity index (χ0) is 19.7. The molecule has 2 aromatic carbocycles. The number of methoxy groups -OCH3 is 2. The van der Waals surface area contributed by atoms with Gasteiger partial charge in [-0.3, -0.25) is 4.79 Å². The molecule has 0 aliphatic rings. The summed E-state index contributed by atoms with van der Waals surface area (Å²) in [5.74, 6) is 0.627. The van der Waals surface area contributed by atoms with Crippen molar-refractivity contribution in [3.63, 3.8) is 0 Å². The van der Waals surface area contributed by atoms with Crippen LogP contribution in [0.2, 0.25) is 0 Å². The van der Waals surface area contributed by atoms with Gasteiger partial charge in [0.25, 0.3) is 0 Å². The van der Waals surface area contributed by atoms with Gasteiger partial charge in [-0.15, -0.1) is 0 Å². The Kier molecular flexibility index (Phi) is 5.46. The molecule has 0 saturated carbocycles. The first-order chi connectivity index (χ1) is 12.9. The van der Waals surface area contributed by atoms with Crippen LogP contribution in [0.4, 0.5) is 0 Å². The fourth-order valence-corrected chi connectivity index (χ4v) is 3.91. The molecule has 0 unspecified atom stereocenters. The Balaban J connectivity index is 2.34. The third kappa shape index (κ3) is 3.54. The number of aliphatic carboxylic acids is 1. The summed E-state index contributed by atoms with van der Waals surface area (Å²) in [6.07, 6.45) is -0.0718. The van der Waals surface area contributed by atoms with Crippen molar-refractivity contribution in [1.82, 2.24) is 4.98 Å². The van der Waals surface area contributed by atoms with Crippen molar-refractivity contribution in [1.29, 1.82) is 0 Å². The lowest BCUT2D eigenvalue weighted by molar-refractivity contribution is -0.136. The molecule has 0 atom stereocenters. The summed E-state index contributed by atoms with van der Waals surface area (Å²) in [7, 11) is 3.16. The third-order valence-corrected chi connectivity index (χ3v) is 5.32. The van der Waals surface area contributed by atoms with Gasteiger partial charge < -0.3 is 19.6 Å². The number of carbonyl (C=O) groups is 1. The summed E-state index contributed by atoms with van der Waals surface area (Å²) >= 11 is 3.59. The molecule has 0 amide bonds. The molecule has 0 aliphatic heterocycles. The number of aromatic amines is 1. The van der Waals surface area contributed by atoms with Gasteiger partial charge in [-0.05, 0) is 45.1 Å². The van der Waals surface area contributed by atoms with Gasteiger partial charge in [-0.1, -0.05) is 32.0 Å². The maximum atomic E-state index is 11.6. The molecule has 0 radical (unpaired) electrons. The maximum absolute atomic E-state index is 11.6. The van der Waals surface area contributed by atoms with Crippen LogP contribution in [0.3, 0.4) is 0 Å². The molecule has 0 saturated heterocycles. The summed E-state index contributed by atoms with van der Waals surface area (Å²) in [6.45, 7) is 4.25. The van der Waals surface area contributed by atoms with Crippen LogP contribution in [-0.4, -0.2) is 30.3 Å². The lowest BCUT2D eigenvalue weighted by atomic mass is 9.97. The number of fused-ring (bicyclic) bond motifs is 1. The highest BCUT2D eigenvalue weighted by Gasteiger charge is 2.21. The number of carboxylic acid groups (broad SMARTS) is 1. The Bertz CT molecular complexity index is 1010. The number of ether oxygens (including phenoxy) is 2. The highest BCUT2D eigenvalue weighted by atomic mass is 79.9. The lowest BCUT2D eigenvalue weighted by Gasteiger charge is -2.12. The van der Waals surface area contributed by atoms with Crippen molar-refractivity contribution < 1.29 is 19.4 Å². The van der Waals surface area contributed by atoms with Gasteiger partial charge in [0.05, 0.1) is 26.3 Å². The number of halogens is 1. The zero-order valence-corrected chi connectivity index (χ0v) is 17.3. The molecule has 5 nitrogen and oxygen atoms in total. The topological polar surface area (TPSA) is 71.6 Å². The lowest BCUT2D eigenvalue weighted by Crippen LogP contribution is -2.01. The zero-order valence-electron chi connectivity index (χ0n) is 15.7. The molecule has 3 rings (SSSR count). The first-order valence-corrected chi connectivity index (χ1v) is 9.43. The Hall–Kier alpha value is -2.47. The van der Waals surface area contributed by atoms with E-state index in [0.29, 0.717) is 17.4 Å². The average Bonchev–Trinajstić information content (AvgIpc) is 2.98. The second-order valence-corrected chi connectivity index (χ2v) is 7.51. The van der Waals surface area contributed by atoms with E-state index in [4.69, 9.17) is 9.47 Å². The standard InChI is InChI=1S/C21H22BrNO4/c1-11(2)12-6-5-7-13-14(9-19(24)25)21(23-20(12)13)15-8-17(26-3)18(27-4)10-16(15)22/h5-8,10-11,23H,9H2,1-4H3,(H,24,25). The molecule has 2 N–H and O–H groups in total. The van der Waals surface area contributed by atoms with Gasteiger partial charge in [0, 0.05) is 20.9 Å². The van der Waals surface area contributed by atoms with E-state index in [1.165, 1.54) is 0 Å². The molecule has 0 aliphatic carbocycles. The predicted molar refractivity (Wildman–Crippen MR) is 110 cm³/mol. The van der Waals surface area contributed by atoms with Gasteiger partial charge in [-0.25, -0.2) is 0 Å². The Morgan fingerprint density at radius 2 is 1.85 bits per heavy atom. The number of benzene rings is 2. The summed E-state index contributed by atoms with van der Waals surface area (Å²) in [4.78, 5) is 15.0. The molecule has 0 fully saturated rings. The van der Waals surface area contributed by atoms with Crippen molar-refractivity contribution in [2.24, 2.45) is 0 Å². The van der Waals surface area contributed by atoms with Crippen molar-refractivity contribution in [2.45, 2.75) is 26.2 Å². The molecule has 3 aromatic rings. The first-order valence-electron chi connectivity index (χ1n) is 8.64. The number of H-pyrrole nitrogens is 1. The van der Waals surface area contributed by atoms with Crippen LogP contribution >= 0.6 is 15.9 Å². The first kappa shape index (κ1) is 19.3. The Morgan fingerprint density at radius 1 is 1.19 bits per heavy atom. The van der Waals surface area contributed by atoms with Crippen molar-refractivity contribution in [3.8, 4) is 22.8 Å². The average molecular weight is 432 g/mol. The molecule has 1 aromatic heterocycles. The number of carboxylic acids is 1. The van der Waals surface area contributed by atoms with Gasteiger partial charge in [0.1, 0.15) is 0 Å². The molecule has 0 bridgehead atoms. The SMILES string of the molecule is COc1cc(Br)c(-c2[nH]c3c(C(C)C)cccc3c2CC(=O)O)cc1OC. The second kappa shape index (κ2) is 7.64. The molecule has 27 heavy (non-hydrogen) atoms. The largest absolute Gasteiger partial charge is 0.493 e. The monoisotopic (exact) mass is 431 g/mol. The van der Waals surface area contributed by atoms with Crippen LogP contribution in [0, 0.1) is 0 Å². The van der Waals surface area contributed by atoms with Gasteiger partial charge in [-0.2, -0.15) is 0 Å². The van der Waals surface area contributed by atoms with E-state index in [-0.39, 0.29) is 6.42 Å². The Morgan fingerprint density at radius 3 is 2.44 bits per heavy atom. The minimum Gasteiger partial charge on any atom is -0.493 e. The predicted octanol–water partition coefficient (Wildman–Crippen LogP) is 5.37. The van der Waals surface area contributed by atoms with Crippen molar-refractivity contribution in [3.05, 3.63) is 45.9 Å². The smallest absolute Gasteiger partial charge is 0.307 e. The van der Waals surface area contributed by atoms with E-state index >= 15 is 0 Å². The number of para-hydroxylation sites is 1. The second-order valence-electron chi connectivity index (χ2n) is 6.66. The van der Waals surface area contributed by atoms with E-state index in [9.17, 15) is 9.90 Å². The van der Waals surface area contributed by atoms with Crippen LogP contribution in [0.5, 0.6) is 11.5 Å². The summed E-state index contributed by atoms with van der Waals surface area (Å²) < 4.78 is 11.6. The highest BCUT2D eigenvalue weighted by molar-refractivity contribution is 9.10. The van der Waals surface area contributed by atoms with Crippen LogP contribution in [0.25, 0.3) is 22.2 Å². The minimum atomic E-state index is -0.872. The van der Waals surface area contributed by atoms with E-state index < -0.39 is 5.97 Å². The van der Waals surface area contributed by atoms with E-state index in [1.807, 2.05) is 24.3 Å². The van der Waals surface area contributed by atoms with Gasteiger partial charge in [0.2, 0.25) is 0 Å². The van der Waals surface area contributed by atoms with E-state index in [0.717, 1.165) is 37.8 Å². The quantitative estimate of drug-likeness (QED) is 0.550. The van der Waals surface area contributed by atoms with E-state index in [2.05, 4.69) is 40.8 Å². The summed E-state index contributed by atoms with van der Waals surface area (Å²) in [5.41, 5.74) is 4.48. The van der Waals surface area contributed by atoms with Crippen LogP contribution in [0.15, 0.2) is 34.8 Å². The Labute approximate surface area is 166 Å². The number of hydrogen-bond donors (Lipinski definition) is 2. The van der Waals surface area contributed by atoms with Gasteiger partial charge in [0.15, 0.2) is 11.5 Å². The van der Waals surface area contributed by atoms with Crippen LogP contribution in [0.1, 0.15) is 30.9 Å². The summed E-state index contributed by atoms with van der Waals surface area (Å²) in [5, 5.41) is 10.4. The number of nitrogens with one attached hydrogen (secondary N) is 1. The molecule has 142 valence electrons. The third-order valence-electron chi connectivity index (χ3n) is 4.67. The number of hydrogen-bond acceptors (Lipinski definition) is 3. The fourth-order valence-electron chi connectivity index (χ4n) is 3.39. The molecule has 1 heterocycles. The van der Waals surface area contributed by atoms with Crippen molar-refractivity contribution >= 4 is 32.8 Å². The van der Waals surface area contributed by atoms with Gasteiger partial charge >= 0.3 is 5.97 Å². The minimum absolute atomic E-state index is 0.0718. The molecular weight excluding hydrogens is 410 g/mol. The normalized spacial score (nSPS) is 11.2. The molecule has 0 spiro atoms.